The van der Waals surface area contributed by atoms with Gasteiger partial charge in [0.2, 0.25) is 0 Å². The first-order valence-corrected chi connectivity index (χ1v) is 9.46. The summed E-state index contributed by atoms with van der Waals surface area (Å²) in [4.78, 5) is 12.0. The number of carbonyl (C=O) groups is 1. The van der Waals surface area contributed by atoms with Crippen LogP contribution >= 0.6 is 0 Å². The Balaban J connectivity index is 1.86. The molecular formula is C23H27NO4. The molecule has 0 aliphatic carbocycles. The van der Waals surface area contributed by atoms with E-state index in [1.54, 1.807) is 20.1 Å². The number of fused-ring (bicyclic) bond motifs is 1. The quantitative estimate of drug-likeness (QED) is 0.730. The van der Waals surface area contributed by atoms with E-state index in [-0.39, 0.29) is 11.4 Å². The highest BCUT2D eigenvalue weighted by molar-refractivity contribution is 5.90. The van der Waals surface area contributed by atoms with Crippen LogP contribution in [0.4, 0.5) is 5.69 Å². The van der Waals surface area contributed by atoms with E-state index in [1.165, 1.54) is 0 Å². The molecule has 148 valence electrons. The van der Waals surface area contributed by atoms with Gasteiger partial charge in [-0.2, -0.15) is 0 Å². The zero-order chi connectivity index (χ0) is 20.1. The van der Waals surface area contributed by atoms with Crippen molar-refractivity contribution in [3.8, 4) is 11.5 Å². The van der Waals surface area contributed by atoms with Gasteiger partial charge in [0.15, 0.2) is 0 Å². The van der Waals surface area contributed by atoms with E-state index in [0.29, 0.717) is 25.3 Å². The Morgan fingerprint density at radius 2 is 2.04 bits per heavy atom. The molecule has 0 bridgehead atoms. The first-order chi connectivity index (χ1) is 13.4. The first-order valence-electron chi connectivity index (χ1n) is 9.46. The average Bonchev–Trinajstić information content (AvgIpc) is 2.82. The van der Waals surface area contributed by atoms with E-state index in [1.807, 2.05) is 36.4 Å². The second kappa shape index (κ2) is 8.38. The minimum Gasteiger partial charge on any atom is -0.497 e. The topological polar surface area (TPSA) is 56.8 Å². The number of methoxy groups -OCH3 is 1. The molecule has 0 amide bonds. The maximum Gasteiger partial charge on any atom is 0.338 e. The molecule has 0 atom stereocenters. The van der Waals surface area contributed by atoms with E-state index in [9.17, 15) is 4.79 Å². The van der Waals surface area contributed by atoms with Gasteiger partial charge in [-0.3, -0.25) is 0 Å². The minimum absolute atomic E-state index is 0.101. The van der Waals surface area contributed by atoms with Gasteiger partial charge >= 0.3 is 5.97 Å². The molecule has 2 aromatic carbocycles. The molecule has 28 heavy (non-hydrogen) atoms. The third-order valence-electron chi connectivity index (χ3n) is 4.55. The van der Waals surface area contributed by atoms with Crippen LogP contribution in [0.15, 0.2) is 48.5 Å². The highest BCUT2D eigenvalue weighted by Crippen LogP contribution is 2.37. The number of nitrogens with one attached hydrogen (secondary N) is 1. The Morgan fingerprint density at radius 1 is 1.21 bits per heavy atom. The molecule has 5 nitrogen and oxygen atoms in total. The molecule has 0 spiro atoms. The fourth-order valence-electron chi connectivity index (χ4n) is 3.18. The van der Waals surface area contributed by atoms with E-state index in [2.05, 4.69) is 25.2 Å². The van der Waals surface area contributed by atoms with Crippen molar-refractivity contribution in [2.75, 3.05) is 32.2 Å². The van der Waals surface area contributed by atoms with Gasteiger partial charge in [-0.05, 0) is 48.9 Å². The molecule has 5 heteroatoms. The Labute approximate surface area is 166 Å². The van der Waals surface area contributed by atoms with Gasteiger partial charge in [0.1, 0.15) is 11.5 Å². The molecule has 2 aromatic rings. The number of hydrogen-bond donors (Lipinski definition) is 1. The predicted octanol–water partition coefficient (Wildman–Crippen LogP) is 4.79. The Bertz CT molecular complexity index is 886. The standard InChI is InChI=1S/C23H27NO4/c1-5-27-22(25)16-7-6-8-18(11-16)24-14-17-13-23(2,3)15-28-21-10-9-19(26-4)12-20(17)21/h6-13,24H,5,14-15H2,1-4H3. The Kier molecular flexibility index (Phi) is 5.93. The van der Waals surface area contributed by atoms with Crippen molar-refractivity contribution in [2.24, 2.45) is 5.41 Å². The molecule has 1 aliphatic heterocycles. The number of benzene rings is 2. The van der Waals surface area contributed by atoms with Crippen molar-refractivity contribution in [2.45, 2.75) is 20.8 Å². The van der Waals surface area contributed by atoms with Crippen molar-refractivity contribution in [1.82, 2.24) is 0 Å². The maximum absolute atomic E-state index is 12.0. The van der Waals surface area contributed by atoms with Crippen molar-refractivity contribution >= 4 is 17.2 Å². The minimum atomic E-state index is -0.315. The largest absolute Gasteiger partial charge is 0.497 e. The lowest BCUT2D eigenvalue weighted by atomic mass is 9.90. The van der Waals surface area contributed by atoms with Gasteiger partial charge in [0.05, 0.1) is 25.9 Å². The van der Waals surface area contributed by atoms with Crippen LogP contribution in [0.3, 0.4) is 0 Å². The molecular weight excluding hydrogens is 354 g/mol. The molecule has 0 saturated carbocycles. The van der Waals surface area contributed by atoms with Gasteiger partial charge < -0.3 is 19.5 Å². The number of esters is 1. The van der Waals surface area contributed by atoms with Crippen molar-refractivity contribution in [3.05, 3.63) is 59.7 Å². The number of ether oxygens (including phenoxy) is 3. The van der Waals surface area contributed by atoms with Crippen LogP contribution in [0.5, 0.6) is 11.5 Å². The van der Waals surface area contributed by atoms with Crippen LogP contribution < -0.4 is 14.8 Å². The number of rotatable bonds is 6. The summed E-state index contributed by atoms with van der Waals surface area (Å²) in [5.41, 5.74) is 3.43. The summed E-state index contributed by atoms with van der Waals surface area (Å²) in [6.45, 7) is 7.66. The summed E-state index contributed by atoms with van der Waals surface area (Å²) < 4.78 is 16.5. The van der Waals surface area contributed by atoms with E-state index in [0.717, 1.165) is 28.3 Å². The smallest absolute Gasteiger partial charge is 0.338 e. The predicted molar refractivity (Wildman–Crippen MR) is 111 cm³/mol. The lowest BCUT2D eigenvalue weighted by molar-refractivity contribution is 0.0526. The van der Waals surface area contributed by atoms with E-state index >= 15 is 0 Å². The Hall–Kier alpha value is -2.95. The second-order valence-corrected chi connectivity index (χ2v) is 7.46. The van der Waals surface area contributed by atoms with Crippen LogP contribution in [-0.4, -0.2) is 32.8 Å². The van der Waals surface area contributed by atoms with E-state index < -0.39 is 0 Å². The maximum atomic E-state index is 12.0. The number of anilines is 1. The van der Waals surface area contributed by atoms with Gasteiger partial charge in [0, 0.05) is 23.2 Å². The number of carbonyl (C=O) groups excluding carboxylic acids is 1. The molecule has 0 fully saturated rings. The summed E-state index contributed by atoms with van der Waals surface area (Å²) in [6.07, 6.45) is 2.24. The monoisotopic (exact) mass is 381 g/mol. The molecule has 0 radical (unpaired) electrons. The van der Waals surface area contributed by atoms with Crippen molar-refractivity contribution < 1.29 is 19.0 Å². The fourth-order valence-corrected chi connectivity index (χ4v) is 3.18. The van der Waals surface area contributed by atoms with Gasteiger partial charge in [-0.15, -0.1) is 0 Å². The second-order valence-electron chi connectivity index (χ2n) is 7.46. The summed E-state index contributed by atoms with van der Waals surface area (Å²) in [5, 5.41) is 3.42. The van der Waals surface area contributed by atoms with Gasteiger partial charge in [-0.25, -0.2) is 4.79 Å². The van der Waals surface area contributed by atoms with Gasteiger partial charge in [0.25, 0.3) is 0 Å². The fraction of sp³-hybridized carbons (Fsp3) is 0.348. The molecule has 0 saturated heterocycles. The van der Waals surface area contributed by atoms with Crippen LogP contribution in [0.2, 0.25) is 0 Å². The summed E-state index contributed by atoms with van der Waals surface area (Å²) in [7, 11) is 1.66. The Morgan fingerprint density at radius 3 is 2.79 bits per heavy atom. The average molecular weight is 381 g/mol. The third-order valence-corrected chi connectivity index (χ3v) is 4.55. The molecule has 1 aliphatic rings. The summed E-state index contributed by atoms with van der Waals surface area (Å²) in [6, 6.07) is 13.2. The molecule has 1 N–H and O–H groups in total. The zero-order valence-electron chi connectivity index (χ0n) is 16.9. The SMILES string of the molecule is CCOC(=O)c1cccc(NCC2=CC(C)(C)COc3ccc(OC)cc32)c1. The normalized spacial score (nSPS) is 14.8. The van der Waals surface area contributed by atoms with Crippen LogP contribution in [-0.2, 0) is 4.74 Å². The highest BCUT2D eigenvalue weighted by Gasteiger charge is 2.24. The third kappa shape index (κ3) is 4.66. The van der Waals surface area contributed by atoms with Crippen molar-refractivity contribution in [1.29, 1.82) is 0 Å². The molecule has 3 rings (SSSR count). The van der Waals surface area contributed by atoms with Crippen molar-refractivity contribution in [3.63, 3.8) is 0 Å². The zero-order valence-corrected chi connectivity index (χ0v) is 16.9. The molecule has 0 unspecified atom stereocenters. The molecule has 0 aromatic heterocycles. The lowest BCUT2D eigenvalue weighted by Gasteiger charge is -2.19. The number of hydrogen-bond acceptors (Lipinski definition) is 5. The highest BCUT2D eigenvalue weighted by atomic mass is 16.5. The van der Waals surface area contributed by atoms with Crippen LogP contribution in [0, 0.1) is 5.41 Å². The first kappa shape index (κ1) is 19.8. The van der Waals surface area contributed by atoms with Crippen LogP contribution in [0.25, 0.3) is 5.57 Å². The summed E-state index contributed by atoms with van der Waals surface area (Å²) >= 11 is 0. The summed E-state index contributed by atoms with van der Waals surface area (Å²) in [5.74, 6) is 1.32. The lowest BCUT2D eigenvalue weighted by Crippen LogP contribution is -2.18. The van der Waals surface area contributed by atoms with Crippen LogP contribution in [0.1, 0.15) is 36.7 Å². The van der Waals surface area contributed by atoms with E-state index in [4.69, 9.17) is 14.2 Å². The molecule has 1 heterocycles. The van der Waals surface area contributed by atoms with Gasteiger partial charge in [-0.1, -0.05) is 26.0 Å².